The van der Waals surface area contributed by atoms with Crippen LogP contribution in [0.4, 0.5) is 26.6 Å². The highest BCUT2D eigenvalue weighted by Gasteiger charge is 2.24. The van der Waals surface area contributed by atoms with E-state index in [1.807, 2.05) is 32.9 Å². The molecule has 3 aromatic carbocycles. The summed E-state index contributed by atoms with van der Waals surface area (Å²) in [6.07, 6.45) is 3.02. The van der Waals surface area contributed by atoms with Crippen molar-refractivity contribution in [1.29, 1.82) is 0 Å². The maximum absolute atomic E-state index is 15.0. The Bertz CT molecular complexity index is 1660. The molecule has 45 heavy (non-hydrogen) atoms. The molecule has 4 aromatic rings. The molecule has 8 nitrogen and oxygen atoms in total. The van der Waals surface area contributed by atoms with Crippen LogP contribution in [0.15, 0.2) is 60.8 Å². The summed E-state index contributed by atoms with van der Waals surface area (Å²) in [5, 5.41) is 3.93. The Labute approximate surface area is 273 Å². The van der Waals surface area contributed by atoms with Crippen molar-refractivity contribution in [2.45, 2.75) is 40.2 Å². The van der Waals surface area contributed by atoms with Crippen LogP contribution in [-0.2, 0) is 6.54 Å². The van der Waals surface area contributed by atoms with E-state index in [4.69, 9.17) is 32.7 Å². The number of aryl methyl sites for hydroxylation is 3. The van der Waals surface area contributed by atoms with Crippen molar-refractivity contribution in [3.8, 4) is 11.5 Å². The number of carbonyl (C=O) groups is 1. The normalized spacial score (nSPS) is 15.0. The number of hydrogen-bond donors (Lipinski definition) is 1. The number of benzene rings is 3. The second-order valence-corrected chi connectivity index (χ2v) is 12.4. The lowest BCUT2D eigenvalue weighted by atomic mass is 10.00. The average molecular weight is 653 g/mol. The summed E-state index contributed by atoms with van der Waals surface area (Å²) >= 11 is 12.7. The van der Waals surface area contributed by atoms with Crippen molar-refractivity contribution in [1.82, 2.24) is 14.9 Å². The van der Waals surface area contributed by atoms with E-state index < -0.39 is 11.9 Å². The van der Waals surface area contributed by atoms with Crippen molar-refractivity contribution >= 4 is 46.7 Å². The van der Waals surface area contributed by atoms with Crippen LogP contribution in [0.3, 0.4) is 0 Å². The molecule has 5 rings (SSSR count). The standard InChI is InChI=1S/C34H36Cl2FN5O3/c1-21-14-22(2)32(23(3)15-21)45-34(43)42(19-25-16-26(35)7-9-28(25)36)31-11-12-38-33(40-31)39-27-8-10-30(29(37)17-27)44-20-24-6-5-13-41(4)18-24/h7-12,14-17,24H,5-6,13,18-20H2,1-4H3,(H,38,39,40). The Kier molecular flexibility index (Phi) is 10.4. The van der Waals surface area contributed by atoms with Crippen LogP contribution < -0.4 is 19.7 Å². The zero-order valence-electron chi connectivity index (χ0n) is 25.7. The summed E-state index contributed by atoms with van der Waals surface area (Å²) < 4.78 is 26.7. The first-order valence-corrected chi connectivity index (χ1v) is 15.5. The molecule has 0 aliphatic carbocycles. The Morgan fingerprint density at radius 2 is 1.87 bits per heavy atom. The van der Waals surface area contributed by atoms with Gasteiger partial charge in [-0.05, 0) is 100 Å². The van der Waals surface area contributed by atoms with E-state index in [1.54, 1.807) is 36.4 Å². The van der Waals surface area contributed by atoms with Crippen LogP contribution >= 0.6 is 23.2 Å². The van der Waals surface area contributed by atoms with Crippen LogP contribution in [0.5, 0.6) is 11.5 Å². The highest BCUT2D eigenvalue weighted by molar-refractivity contribution is 6.33. The minimum absolute atomic E-state index is 0.0239. The fourth-order valence-corrected chi connectivity index (χ4v) is 5.92. The predicted molar refractivity (Wildman–Crippen MR) is 177 cm³/mol. The molecule has 1 aliphatic heterocycles. The highest BCUT2D eigenvalue weighted by Crippen LogP contribution is 2.30. The van der Waals surface area contributed by atoms with Gasteiger partial charge in [-0.15, -0.1) is 0 Å². The maximum atomic E-state index is 15.0. The lowest BCUT2D eigenvalue weighted by molar-refractivity contribution is 0.147. The Morgan fingerprint density at radius 1 is 1.09 bits per heavy atom. The molecule has 1 saturated heterocycles. The molecular weight excluding hydrogens is 616 g/mol. The molecule has 1 unspecified atom stereocenters. The molecule has 11 heteroatoms. The summed E-state index contributed by atoms with van der Waals surface area (Å²) in [4.78, 5) is 26.2. The third-order valence-corrected chi connectivity index (χ3v) is 8.26. The Hall–Kier alpha value is -3.92. The van der Waals surface area contributed by atoms with Gasteiger partial charge < -0.3 is 19.7 Å². The largest absolute Gasteiger partial charge is 0.490 e. The van der Waals surface area contributed by atoms with Crippen molar-refractivity contribution in [3.05, 3.63) is 98.9 Å². The fraction of sp³-hybridized carbons (Fsp3) is 0.324. The van der Waals surface area contributed by atoms with Gasteiger partial charge in [0.25, 0.3) is 0 Å². The molecule has 1 aliphatic rings. The number of nitrogens with one attached hydrogen (secondary N) is 1. The van der Waals surface area contributed by atoms with E-state index in [0.29, 0.717) is 39.6 Å². The first-order chi connectivity index (χ1) is 21.5. The first kappa shape index (κ1) is 32.5. The monoisotopic (exact) mass is 651 g/mol. The number of carbonyl (C=O) groups excluding carboxylic acids is 1. The predicted octanol–water partition coefficient (Wildman–Crippen LogP) is 8.52. The van der Waals surface area contributed by atoms with Crippen molar-refractivity contribution in [2.75, 3.05) is 37.0 Å². The number of ether oxygens (including phenoxy) is 2. The number of amides is 1. The van der Waals surface area contributed by atoms with E-state index >= 15 is 0 Å². The van der Waals surface area contributed by atoms with Gasteiger partial charge >= 0.3 is 6.09 Å². The van der Waals surface area contributed by atoms with Gasteiger partial charge in [0.2, 0.25) is 5.95 Å². The van der Waals surface area contributed by atoms with E-state index in [1.165, 1.54) is 17.2 Å². The number of aromatic nitrogens is 2. The van der Waals surface area contributed by atoms with Crippen LogP contribution in [0.25, 0.3) is 0 Å². The first-order valence-electron chi connectivity index (χ1n) is 14.8. The SMILES string of the molecule is Cc1cc(C)c(OC(=O)N(Cc2cc(Cl)ccc2Cl)c2ccnc(Nc3ccc(OCC4CCCN(C)C4)c(F)c3)n2)c(C)c1. The van der Waals surface area contributed by atoms with Gasteiger partial charge in [-0.1, -0.05) is 40.9 Å². The van der Waals surface area contributed by atoms with Gasteiger partial charge in [0.05, 0.1) is 13.2 Å². The number of rotatable bonds is 9. The zero-order chi connectivity index (χ0) is 32.1. The third kappa shape index (κ3) is 8.42. The van der Waals surface area contributed by atoms with Crippen LogP contribution in [0.2, 0.25) is 10.0 Å². The summed E-state index contributed by atoms with van der Waals surface area (Å²) in [6, 6.07) is 15.1. The Morgan fingerprint density at radius 3 is 2.60 bits per heavy atom. The van der Waals surface area contributed by atoms with Crippen molar-refractivity contribution < 1.29 is 18.7 Å². The van der Waals surface area contributed by atoms with Gasteiger partial charge in [-0.3, -0.25) is 4.90 Å². The summed E-state index contributed by atoms with van der Waals surface area (Å²) in [6.45, 7) is 8.26. The quantitative estimate of drug-likeness (QED) is 0.194. The Balaban J connectivity index is 1.36. The smallest absolute Gasteiger partial charge is 0.421 e. The molecular formula is C34H36Cl2FN5O3. The second-order valence-electron chi connectivity index (χ2n) is 11.5. The van der Waals surface area contributed by atoms with E-state index in [2.05, 4.69) is 27.2 Å². The lowest BCUT2D eigenvalue weighted by Crippen LogP contribution is -2.34. The van der Waals surface area contributed by atoms with Crippen molar-refractivity contribution in [3.63, 3.8) is 0 Å². The second kappa shape index (κ2) is 14.5. The third-order valence-electron chi connectivity index (χ3n) is 7.65. The minimum Gasteiger partial charge on any atom is -0.490 e. The van der Waals surface area contributed by atoms with Gasteiger partial charge in [0.1, 0.15) is 11.6 Å². The molecule has 1 atom stereocenters. The van der Waals surface area contributed by atoms with E-state index in [-0.39, 0.29) is 24.1 Å². The molecule has 236 valence electrons. The topological polar surface area (TPSA) is 79.8 Å². The molecule has 0 saturated carbocycles. The molecule has 1 N–H and O–H groups in total. The maximum Gasteiger partial charge on any atom is 0.421 e. The highest BCUT2D eigenvalue weighted by atomic mass is 35.5. The van der Waals surface area contributed by atoms with Crippen LogP contribution in [0, 0.1) is 32.5 Å². The molecule has 0 bridgehead atoms. The summed E-state index contributed by atoms with van der Waals surface area (Å²) in [5.74, 6) is 0.931. The number of halogens is 3. The molecule has 1 fully saturated rings. The van der Waals surface area contributed by atoms with Crippen molar-refractivity contribution in [2.24, 2.45) is 5.92 Å². The molecule has 0 spiro atoms. The number of hydrogen-bond acceptors (Lipinski definition) is 7. The molecule has 0 radical (unpaired) electrons. The van der Waals surface area contributed by atoms with Gasteiger partial charge in [-0.25, -0.2) is 14.2 Å². The molecule has 2 heterocycles. The van der Waals surface area contributed by atoms with E-state index in [9.17, 15) is 9.18 Å². The van der Waals surface area contributed by atoms with E-state index in [0.717, 1.165) is 42.6 Å². The summed E-state index contributed by atoms with van der Waals surface area (Å²) in [5.41, 5.74) is 3.74. The van der Waals surface area contributed by atoms with Crippen LogP contribution in [-0.4, -0.2) is 47.7 Å². The minimum atomic E-state index is -0.664. The number of piperidine rings is 1. The van der Waals surface area contributed by atoms with Gasteiger partial charge in [0.15, 0.2) is 11.6 Å². The number of likely N-dealkylation sites (tertiary alicyclic amines) is 1. The van der Waals surface area contributed by atoms with Gasteiger partial charge in [0, 0.05) is 40.5 Å². The number of nitrogens with zero attached hydrogens (tertiary/aromatic N) is 4. The summed E-state index contributed by atoms with van der Waals surface area (Å²) in [7, 11) is 2.09. The zero-order valence-corrected chi connectivity index (χ0v) is 27.3. The average Bonchev–Trinajstić information content (AvgIpc) is 2.99. The molecule has 1 aromatic heterocycles. The fourth-order valence-electron chi connectivity index (χ4n) is 5.55. The number of anilines is 3. The van der Waals surface area contributed by atoms with Crippen LogP contribution in [0.1, 0.15) is 35.1 Å². The molecule has 1 amide bonds. The lowest BCUT2D eigenvalue weighted by Gasteiger charge is -2.29. The van der Waals surface area contributed by atoms with Gasteiger partial charge in [-0.2, -0.15) is 4.98 Å².